The second-order valence-corrected chi connectivity index (χ2v) is 7.60. The molecule has 1 unspecified atom stereocenters. The molecule has 3 heterocycles. The quantitative estimate of drug-likeness (QED) is 0.826. The zero-order chi connectivity index (χ0) is 19.2. The molecule has 2 aromatic heterocycles. The average molecular weight is 381 g/mol. The SMILES string of the molecule is O=C(NC(c1cccnc1)C1CCOCC1)c1ccc(OC2CCCC2)nc1. The maximum absolute atomic E-state index is 12.9. The topological polar surface area (TPSA) is 73.3 Å². The second kappa shape index (κ2) is 9.15. The van der Waals surface area contributed by atoms with Crippen LogP contribution in [0.5, 0.6) is 5.88 Å². The zero-order valence-corrected chi connectivity index (χ0v) is 16.0. The molecule has 0 aromatic carbocycles. The Hall–Kier alpha value is -2.47. The van der Waals surface area contributed by atoms with Crippen LogP contribution in [0.3, 0.4) is 0 Å². The van der Waals surface area contributed by atoms with Gasteiger partial charge >= 0.3 is 0 Å². The molecule has 1 saturated carbocycles. The van der Waals surface area contributed by atoms with Crippen molar-refractivity contribution in [2.45, 2.75) is 50.7 Å². The number of rotatable bonds is 6. The summed E-state index contributed by atoms with van der Waals surface area (Å²) >= 11 is 0. The molecule has 1 amide bonds. The summed E-state index contributed by atoms with van der Waals surface area (Å²) in [5.41, 5.74) is 1.57. The summed E-state index contributed by atoms with van der Waals surface area (Å²) in [5, 5.41) is 3.20. The number of amides is 1. The minimum Gasteiger partial charge on any atom is -0.474 e. The van der Waals surface area contributed by atoms with Crippen molar-refractivity contribution in [3.63, 3.8) is 0 Å². The summed E-state index contributed by atoms with van der Waals surface area (Å²) in [7, 11) is 0. The molecule has 148 valence electrons. The number of pyridine rings is 2. The van der Waals surface area contributed by atoms with Crippen molar-refractivity contribution in [3.05, 3.63) is 54.0 Å². The van der Waals surface area contributed by atoms with E-state index >= 15 is 0 Å². The van der Waals surface area contributed by atoms with Crippen molar-refractivity contribution >= 4 is 5.91 Å². The van der Waals surface area contributed by atoms with Gasteiger partial charge in [0.15, 0.2) is 0 Å². The molecule has 0 bridgehead atoms. The number of nitrogens with zero attached hydrogens (tertiary/aromatic N) is 2. The molecule has 1 saturated heterocycles. The van der Waals surface area contributed by atoms with Crippen LogP contribution in [-0.4, -0.2) is 35.2 Å². The molecule has 6 heteroatoms. The summed E-state index contributed by atoms with van der Waals surface area (Å²) in [4.78, 5) is 21.5. The first-order valence-electron chi connectivity index (χ1n) is 10.2. The summed E-state index contributed by atoms with van der Waals surface area (Å²) in [6.45, 7) is 1.46. The number of carbonyl (C=O) groups excluding carboxylic acids is 1. The zero-order valence-electron chi connectivity index (χ0n) is 16.0. The monoisotopic (exact) mass is 381 g/mol. The molecule has 2 aliphatic rings. The van der Waals surface area contributed by atoms with Gasteiger partial charge < -0.3 is 14.8 Å². The van der Waals surface area contributed by atoms with Gasteiger partial charge in [-0.25, -0.2) is 4.98 Å². The summed E-state index contributed by atoms with van der Waals surface area (Å²) in [6, 6.07) is 7.42. The number of hydrogen-bond donors (Lipinski definition) is 1. The van der Waals surface area contributed by atoms with Gasteiger partial charge in [0.2, 0.25) is 5.88 Å². The fraction of sp³-hybridized carbons (Fsp3) is 0.500. The molecular formula is C22H27N3O3. The third kappa shape index (κ3) is 4.68. The molecular weight excluding hydrogens is 354 g/mol. The molecule has 1 N–H and O–H groups in total. The lowest BCUT2D eigenvalue weighted by Gasteiger charge is -2.31. The van der Waals surface area contributed by atoms with Gasteiger partial charge in [-0.3, -0.25) is 9.78 Å². The van der Waals surface area contributed by atoms with Crippen molar-refractivity contribution in [1.29, 1.82) is 0 Å². The minimum absolute atomic E-state index is 0.0838. The Labute approximate surface area is 165 Å². The van der Waals surface area contributed by atoms with Crippen LogP contribution in [0.4, 0.5) is 0 Å². The Morgan fingerprint density at radius 3 is 2.61 bits per heavy atom. The lowest BCUT2D eigenvalue weighted by atomic mass is 9.87. The van der Waals surface area contributed by atoms with Gasteiger partial charge in [-0.05, 0) is 62.1 Å². The minimum atomic E-state index is -0.125. The van der Waals surface area contributed by atoms with E-state index in [1.807, 2.05) is 18.3 Å². The number of carbonyl (C=O) groups is 1. The maximum atomic E-state index is 12.9. The highest BCUT2D eigenvalue weighted by atomic mass is 16.5. The Morgan fingerprint density at radius 1 is 1.11 bits per heavy atom. The van der Waals surface area contributed by atoms with E-state index in [0.29, 0.717) is 17.4 Å². The van der Waals surface area contributed by atoms with Gasteiger partial charge in [0.05, 0.1) is 11.6 Å². The molecule has 6 nitrogen and oxygen atoms in total. The highest BCUT2D eigenvalue weighted by molar-refractivity contribution is 5.94. The molecule has 1 atom stereocenters. The Bertz CT molecular complexity index is 754. The van der Waals surface area contributed by atoms with Gasteiger partial charge in [0, 0.05) is 37.9 Å². The number of hydrogen-bond acceptors (Lipinski definition) is 5. The second-order valence-electron chi connectivity index (χ2n) is 7.60. The van der Waals surface area contributed by atoms with E-state index in [2.05, 4.69) is 15.3 Å². The van der Waals surface area contributed by atoms with E-state index in [1.165, 1.54) is 12.8 Å². The van der Waals surface area contributed by atoms with Gasteiger partial charge in [0.1, 0.15) is 6.10 Å². The lowest BCUT2D eigenvalue weighted by molar-refractivity contribution is 0.0513. The van der Waals surface area contributed by atoms with Crippen molar-refractivity contribution < 1.29 is 14.3 Å². The normalized spacial score (nSPS) is 19.3. The van der Waals surface area contributed by atoms with E-state index < -0.39 is 0 Å². The molecule has 0 spiro atoms. The maximum Gasteiger partial charge on any atom is 0.253 e. The van der Waals surface area contributed by atoms with Gasteiger partial charge in [0.25, 0.3) is 5.91 Å². The van der Waals surface area contributed by atoms with Crippen LogP contribution in [0.15, 0.2) is 42.9 Å². The molecule has 2 fully saturated rings. The number of aromatic nitrogens is 2. The van der Waals surface area contributed by atoms with Crippen molar-refractivity contribution in [3.8, 4) is 5.88 Å². The lowest BCUT2D eigenvalue weighted by Crippen LogP contribution is -2.36. The van der Waals surface area contributed by atoms with E-state index in [4.69, 9.17) is 9.47 Å². The fourth-order valence-electron chi connectivity index (χ4n) is 4.07. The summed E-state index contributed by atoms with van der Waals surface area (Å²) in [5.74, 6) is 0.803. The third-order valence-electron chi connectivity index (χ3n) is 5.66. The first kappa shape index (κ1) is 18.9. The highest BCUT2D eigenvalue weighted by Gasteiger charge is 2.27. The fourth-order valence-corrected chi connectivity index (χ4v) is 4.07. The van der Waals surface area contributed by atoms with Crippen molar-refractivity contribution in [2.75, 3.05) is 13.2 Å². The number of ether oxygens (including phenoxy) is 2. The molecule has 1 aliphatic heterocycles. The van der Waals surface area contributed by atoms with Crippen LogP contribution >= 0.6 is 0 Å². The smallest absolute Gasteiger partial charge is 0.253 e. The summed E-state index contributed by atoms with van der Waals surface area (Å²) < 4.78 is 11.4. The highest BCUT2D eigenvalue weighted by Crippen LogP contribution is 2.30. The van der Waals surface area contributed by atoms with E-state index in [0.717, 1.165) is 44.5 Å². The Kier molecular flexibility index (Phi) is 6.17. The first-order valence-corrected chi connectivity index (χ1v) is 10.2. The van der Waals surface area contributed by atoms with Gasteiger partial charge in [-0.2, -0.15) is 0 Å². The van der Waals surface area contributed by atoms with Crippen LogP contribution in [-0.2, 0) is 4.74 Å². The molecule has 0 radical (unpaired) electrons. The molecule has 4 rings (SSSR count). The summed E-state index contributed by atoms with van der Waals surface area (Å²) in [6.07, 6.45) is 11.9. The number of nitrogens with one attached hydrogen (secondary N) is 1. The van der Waals surface area contributed by atoms with E-state index in [9.17, 15) is 4.79 Å². The average Bonchev–Trinajstić information content (AvgIpc) is 3.27. The standard InChI is InChI=1S/C22H27N3O3/c26-22(18-7-8-20(24-15-18)28-19-5-1-2-6-19)25-21(16-9-12-27-13-10-16)17-4-3-11-23-14-17/h3-4,7-8,11,14-16,19,21H,1-2,5-6,9-10,12-13H2,(H,25,26). The first-order chi connectivity index (χ1) is 13.8. The Balaban J connectivity index is 1.44. The van der Waals surface area contributed by atoms with Crippen molar-refractivity contribution in [1.82, 2.24) is 15.3 Å². The predicted molar refractivity (Wildman–Crippen MR) is 105 cm³/mol. The predicted octanol–water partition coefficient (Wildman–Crippen LogP) is 3.70. The van der Waals surface area contributed by atoms with Gasteiger partial charge in [-0.15, -0.1) is 0 Å². The van der Waals surface area contributed by atoms with Crippen LogP contribution in [0.2, 0.25) is 0 Å². The van der Waals surface area contributed by atoms with Crippen LogP contribution in [0.25, 0.3) is 0 Å². The van der Waals surface area contributed by atoms with E-state index in [1.54, 1.807) is 24.5 Å². The van der Waals surface area contributed by atoms with Crippen molar-refractivity contribution in [2.24, 2.45) is 5.92 Å². The Morgan fingerprint density at radius 2 is 1.93 bits per heavy atom. The van der Waals surface area contributed by atoms with Gasteiger partial charge in [-0.1, -0.05) is 6.07 Å². The molecule has 2 aromatic rings. The van der Waals surface area contributed by atoms with E-state index in [-0.39, 0.29) is 18.1 Å². The van der Waals surface area contributed by atoms with Crippen LogP contribution < -0.4 is 10.1 Å². The van der Waals surface area contributed by atoms with Crippen LogP contribution in [0.1, 0.15) is 60.5 Å². The third-order valence-corrected chi connectivity index (χ3v) is 5.66. The largest absolute Gasteiger partial charge is 0.474 e. The molecule has 28 heavy (non-hydrogen) atoms. The van der Waals surface area contributed by atoms with Crippen LogP contribution in [0, 0.1) is 5.92 Å². The molecule has 1 aliphatic carbocycles.